The molecule has 0 aromatic carbocycles. The van der Waals surface area contributed by atoms with Gasteiger partial charge in [-0.25, -0.2) is 15.0 Å². The summed E-state index contributed by atoms with van der Waals surface area (Å²) in [5.74, 6) is 1.19. The number of hydrogen-bond donors (Lipinski definition) is 2. The molecule has 1 aliphatic heterocycles. The summed E-state index contributed by atoms with van der Waals surface area (Å²) >= 11 is 0. The van der Waals surface area contributed by atoms with Gasteiger partial charge in [-0.3, -0.25) is 14.8 Å². The minimum atomic E-state index is -0.779. The number of methoxy groups -OCH3 is 1. The molecule has 0 unspecified atom stereocenters. The number of hydrogen-bond acceptors (Lipinski definition) is 9. The third-order valence-electron chi connectivity index (χ3n) is 6.35. The molecule has 0 radical (unpaired) electrons. The van der Waals surface area contributed by atoms with E-state index in [1.165, 1.54) is 0 Å². The largest absolute Gasteiger partial charge is 0.495 e. The van der Waals surface area contributed by atoms with E-state index in [1.807, 2.05) is 24.3 Å². The van der Waals surface area contributed by atoms with Crippen LogP contribution < -0.4 is 15.8 Å². The molecule has 1 saturated heterocycles. The zero-order valence-corrected chi connectivity index (χ0v) is 19.7. The zero-order valence-electron chi connectivity index (χ0n) is 19.7. The van der Waals surface area contributed by atoms with Gasteiger partial charge in [-0.2, -0.15) is 0 Å². The zero-order chi connectivity index (χ0) is 25.0. The molecular weight excluding hydrogens is 458 g/mol. The first-order valence-corrected chi connectivity index (χ1v) is 11.5. The van der Waals surface area contributed by atoms with Crippen molar-refractivity contribution in [2.45, 2.75) is 18.3 Å². The second-order valence-corrected chi connectivity index (χ2v) is 8.46. The lowest BCUT2D eigenvalue weighted by Gasteiger charge is -2.35. The number of pyridine rings is 3. The Morgan fingerprint density at radius 1 is 0.917 bits per heavy atom. The van der Waals surface area contributed by atoms with Gasteiger partial charge in [-0.05, 0) is 42.7 Å². The highest BCUT2D eigenvalue weighted by molar-refractivity contribution is 5.98. The van der Waals surface area contributed by atoms with Crippen LogP contribution in [-0.2, 0) is 14.9 Å². The molecule has 182 valence electrons. The van der Waals surface area contributed by atoms with Crippen molar-refractivity contribution in [1.29, 1.82) is 0 Å². The number of aromatic nitrogens is 5. The van der Waals surface area contributed by atoms with Crippen LogP contribution in [0.25, 0.3) is 22.4 Å². The Morgan fingerprint density at radius 2 is 1.69 bits per heavy atom. The number of rotatable bonds is 6. The standard InChI is InChI=1S/C26H25N7O3/c1-35-21-10-18(11-28-16-21)17-2-5-23(30-12-17)33-24(34)26(6-8-36-9-7-26)20-3-4-22(29-15-20)19-13-31-25(27)32-14-19/h2-5,10-16H,6-9H2,1H3,(H2,27,31,32)(H,30,33,34). The van der Waals surface area contributed by atoms with Crippen LogP contribution in [0.1, 0.15) is 18.4 Å². The summed E-state index contributed by atoms with van der Waals surface area (Å²) in [4.78, 5) is 34.9. The number of ether oxygens (including phenoxy) is 2. The van der Waals surface area contributed by atoms with Crippen LogP contribution in [0, 0.1) is 0 Å². The summed E-state index contributed by atoms with van der Waals surface area (Å²) in [5.41, 5.74) is 8.81. The average Bonchev–Trinajstić information content (AvgIpc) is 2.94. The lowest BCUT2D eigenvalue weighted by atomic mass is 9.74. The molecule has 0 saturated carbocycles. The summed E-state index contributed by atoms with van der Waals surface area (Å²) < 4.78 is 10.8. The quantitative estimate of drug-likeness (QED) is 0.423. The lowest BCUT2D eigenvalue weighted by Crippen LogP contribution is -2.45. The molecule has 5 heterocycles. The van der Waals surface area contributed by atoms with Gasteiger partial charge >= 0.3 is 0 Å². The second-order valence-electron chi connectivity index (χ2n) is 8.46. The van der Waals surface area contributed by atoms with Gasteiger partial charge < -0.3 is 20.5 Å². The number of nitrogens with zero attached hydrogens (tertiary/aromatic N) is 5. The Kier molecular flexibility index (Phi) is 6.50. The van der Waals surface area contributed by atoms with Crippen molar-refractivity contribution in [3.8, 4) is 28.1 Å². The van der Waals surface area contributed by atoms with Crippen molar-refractivity contribution in [1.82, 2.24) is 24.9 Å². The molecule has 4 aromatic heterocycles. The van der Waals surface area contributed by atoms with Crippen LogP contribution in [0.15, 0.2) is 67.5 Å². The maximum Gasteiger partial charge on any atom is 0.236 e. The van der Waals surface area contributed by atoms with Crippen LogP contribution in [0.3, 0.4) is 0 Å². The highest BCUT2D eigenvalue weighted by Crippen LogP contribution is 2.36. The highest BCUT2D eigenvalue weighted by Gasteiger charge is 2.42. The normalized spacial score (nSPS) is 14.7. The summed E-state index contributed by atoms with van der Waals surface area (Å²) in [6.07, 6.45) is 11.1. The molecule has 36 heavy (non-hydrogen) atoms. The van der Waals surface area contributed by atoms with Crippen molar-refractivity contribution < 1.29 is 14.3 Å². The van der Waals surface area contributed by atoms with Crippen LogP contribution >= 0.6 is 0 Å². The molecule has 1 aliphatic rings. The van der Waals surface area contributed by atoms with Crippen molar-refractivity contribution in [3.05, 3.63) is 73.1 Å². The molecule has 0 bridgehead atoms. The van der Waals surface area contributed by atoms with Gasteiger partial charge in [0.15, 0.2) is 0 Å². The van der Waals surface area contributed by atoms with Gasteiger partial charge in [0.25, 0.3) is 0 Å². The molecule has 10 nitrogen and oxygen atoms in total. The number of nitrogen functional groups attached to an aromatic ring is 1. The monoisotopic (exact) mass is 483 g/mol. The van der Waals surface area contributed by atoms with Crippen LogP contribution in [0.2, 0.25) is 0 Å². The molecule has 5 rings (SSSR count). The van der Waals surface area contributed by atoms with E-state index >= 15 is 0 Å². The maximum absolute atomic E-state index is 13.6. The van der Waals surface area contributed by atoms with Crippen molar-refractivity contribution >= 4 is 17.7 Å². The van der Waals surface area contributed by atoms with Gasteiger partial charge in [-0.15, -0.1) is 0 Å². The smallest absolute Gasteiger partial charge is 0.236 e. The summed E-state index contributed by atoms with van der Waals surface area (Å²) in [7, 11) is 1.60. The Hall–Kier alpha value is -4.44. The minimum Gasteiger partial charge on any atom is -0.495 e. The first-order valence-electron chi connectivity index (χ1n) is 11.5. The van der Waals surface area contributed by atoms with Gasteiger partial charge in [-0.1, -0.05) is 6.07 Å². The first kappa shape index (κ1) is 23.3. The molecular formula is C26H25N7O3. The Bertz CT molecular complexity index is 1340. The summed E-state index contributed by atoms with van der Waals surface area (Å²) in [6, 6.07) is 9.34. The Morgan fingerprint density at radius 3 is 2.36 bits per heavy atom. The highest BCUT2D eigenvalue weighted by atomic mass is 16.5. The molecule has 3 N–H and O–H groups in total. The number of carbonyl (C=O) groups excluding carboxylic acids is 1. The van der Waals surface area contributed by atoms with E-state index in [0.29, 0.717) is 43.3 Å². The number of nitrogens with two attached hydrogens (primary N) is 1. The van der Waals surface area contributed by atoms with Gasteiger partial charge in [0.1, 0.15) is 11.6 Å². The Balaban J connectivity index is 1.37. The summed E-state index contributed by atoms with van der Waals surface area (Å²) in [5, 5.41) is 3.00. The van der Waals surface area contributed by atoms with Crippen LogP contribution in [-0.4, -0.2) is 51.2 Å². The molecule has 4 aromatic rings. The summed E-state index contributed by atoms with van der Waals surface area (Å²) in [6.45, 7) is 0.965. The minimum absolute atomic E-state index is 0.139. The van der Waals surface area contributed by atoms with Crippen LogP contribution in [0.4, 0.5) is 11.8 Å². The predicted molar refractivity (Wildman–Crippen MR) is 134 cm³/mol. The fourth-order valence-electron chi connectivity index (χ4n) is 4.25. The predicted octanol–water partition coefficient (Wildman–Crippen LogP) is 3.27. The van der Waals surface area contributed by atoms with E-state index in [1.54, 1.807) is 50.4 Å². The van der Waals surface area contributed by atoms with E-state index < -0.39 is 5.41 Å². The van der Waals surface area contributed by atoms with Crippen molar-refractivity contribution in [2.75, 3.05) is 31.4 Å². The third-order valence-corrected chi connectivity index (χ3v) is 6.35. The van der Waals surface area contributed by atoms with Gasteiger partial charge in [0.2, 0.25) is 11.9 Å². The van der Waals surface area contributed by atoms with Crippen molar-refractivity contribution in [2.24, 2.45) is 0 Å². The molecule has 1 amide bonds. The maximum atomic E-state index is 13.6. The van der Waals surface area contributed by atoms with Gasteiger partial charge in [0, 0.05) is 60.9 Å². The van der Waals surface area contributed by atoms with Crippen molar-refractivity contribution in [3.63, 3.8) is 0 Å². The second kappa shape index (κ2) is 10.0. The lowest BCUT2D eigenvalue weighted by molar-refractivity contribution is -0.125. The van der Waals surface area contributed by atoms with Gasteiger partial charge in [0.05, 0.1) is 24.4 Å². The fraction of sp³-hybridized carbons (Fsp3) is 0.231. The fourth-order valence-corrected chi connectivity index (χ4v) is 4.25. The molecule has 10 heteroatoms. The molecule has 0 spiro atoms. The number of amides is 1. The van der Waals surface area contributed by atoms with E-state index in [-0.39, 0.29) is 11.9 Å². The van der Waals surface area contributed by atoms with Crippen LogP contribution in [0.5, 0.6) is 5.75 Å². The molecule has 0 aliphatic carbocycles. The number of nitrogens with one attached hydrogen (secondary N) is 1. The molecule has 1 fully saturated rings. The number of carbonyl (C=O) groups is 1. The number of anilines is 2. The third kappa shape index (κ3) is 4.71. The van der Waals surface area contributed by atoms with E-state index in [4.69, 9.17) is 15.2 Å². The topological polar surface area (TPSA) is 138 Å². The van der Waals surface area contributed by atoms with E-state index in [9.17, 15) is 4.79 Å². The molecule has 0 atom stereocenters. The van der Waals surface area contributed by atoms with E-state index in [0.717, 1.165) is 22.3 Å². The first-order chi connectivity index (χ1) is 17.6. The van der Waals surface area contributed by atoms with E-state index in [2.05, 4.69) is 30.2 Å². The Labute approximate surface area is 208 Å². The SMILES string of the molecule is COc1cncc(-c2ccc(NC(=O)C3(c4ccc(-c5cnc(N)nc5)nc4)CCOCC3)nc2)c1. The average molecular weight is 484 g/mol.